The lowest BCUT2D eigenvalue weighted by Gasteiger charge is -2.26. The second-order valence-corrected chi connectivity index (χ2v) is 3.33. The predicted molar refractivity (Wildman–Crippen MR) is 52.3 cm³/mol. The summed E-state index contributed by atoms with van der Waals surface area (Å²) < 4.78 is 4.71. The minimum absolute atomic E-state index is 0.204. The van der Waals surface area contributed by atoms with Crippen LogP contribution < -0.4 is 0 Å². The Labute approximate surface area is 92.9 Å². The first-order valence-electron chi connectivity index (χ1n) is 4.91. The van der Waals surface area contributed by atoms with E-state index in [0.717, 1.165) is 0 Å². The molecular formula is C9H18O7. The van der Waals surface area contributed by atoms with E-state index in [1.54, 1.807) is 6.92 Å². The number of aldehydes is 1. The zero-order valence-electron chi connectivity index (χ0n) is 8.93. The number of hydrogen-bond acceptors (Lipinski definition) is 7. The third kappa shape index (κ3) is 4.52. The monoisotopic (exact) mass is 238 g/mol. The first kappa shape index (κ1) is 15.4. The molecule has 5 atom stereocenters. The Morgan fingerprint density at radius 1 is 1.19 bits per heavy atom. The van der Waals surface area contributed by atoms with E-state index in [-0.39, 0.29) is 12.7 Å². The van der Waals surface area contributed by atoms with E-state index in [1.165, 1.54) is 0 Å². The van der Waals surface area contributed by atoms with Gasteiger partial charge >= 0.3 is 0 Å². The summed E-state index contributed by atoms with van der Waals surface area (Å²) in [4.78, 5) is 10.6. The summed E-state index contributed by atoms with van der Waals surface area (Å²) in [5.74, 6) is 0. The fourth-order valence-corrected chi connectivity index (χ4v) is 1.00. The Kier molecular flexibility index (Phi) is 7.39. The number of carbonyl (C=O) groups is 1. The summed E-state index contributed by atoms with van der Waals surface area (Å²) in [6.45, 7) is 0.831. The fourth-order valence-electron chi connectivity index (χ4n) is 1.00. The van der Waals surface area contributed by atoms with Gasteiger partial charge in [0.2, 0.25) is 0 Å². The van der Waals surface area contributed by atoms with Crippen LogP contribution in [0.15, 0.2) is 0 Å². The fraction of sp³-hybridized carbons (Fsp3) is 0.889. The molecule has 16 heavy (non-hydrogen) atoms. The van der Waals surface area contributed by atoms with E-state index in [1.807, 2.05) is 0 Å². The number of ether oxygens (including phenoxy) is 1. The van der Waals surface area contributed by atoms with Crippen molar-refractivity contribution in [2.45, 2.75) is 44.1 Å². The molecule has 7 heteroatoms. The average Bonchev–Trinajstić information content (AvgIpc) is 2.32. The van der Waals surface area contributed by atoms with Gasteiger partial charge in [0.15, 0.2) is 12.6 Å². The highest BCUT2D eigenvalue weighted by Gasteiger charge is 2.32. The molecule has 0 aromatic heterocycles. The first-order chi connectivity index (χ1) is 7.47. The van der Waals surface area contributed by atoms with E-state index in [2.05, 4.69) is 0 Å². The molecule has 0 spiro atoms. The van der Waals surface area contributed by atoms with Gasteiger partial charge in [0.1, 0.15) is 24.4 Å². The van der Waals surface area contributed by atoms with Gasteiger partial charge in [0, 0.05) is 0 Å². The molecular weight excluding hydrogens is 220 g/mol. The van der Waals surface area contributed by atoms with Gasteiger partial charge in [0.05, 0.1) is 6.61 Å². The highest BCUT2D eigenvalue weighted by molar-refractivity contribution is 5.57. The van der Waals surface area contributed by atoms with Crippen molar-refractivity contribution in [1.29, 1.82) is 0 Å². The maximum atomic E-state index is 10.6. The molecule has 1 unspecified atom stereocenters. The molecule has 0 heterocycles. The van der Waals surface area contributed by atoms with E-state index >= 15 is 0 Å². The Hall–Kier alpha value is -0.570. The molecule has 0 aromatic carbocycles. The Morgan fingerprint density at radius 3 is 2.12 bits per heavy atom. The summed E-state index contributed by atoms with van der Waals surface area (Å²) in [6, 6.07) is 0. The molecule has 0 saturated heterocycles. The SMILES string of the molecule is CCC(O)O[C@@H](C=O)[C@@H](O)[C@H](O)[C@H](O)CO. The molecule has 0 amide bonds. The topological polar surface area (TPSA) is 127 Å². The zero-order chi connectivity index (χ0) is 12.7. The van der Waals surface area contributed by atoms with Crippen LogP contribution in [0.3, 0.4) is 0 Å². The third-order valence-electron chi connectivity index (χ3n) is 2.07. The van der Waals surface area contributed by atoms with Gasteiger partial charge in [-0.15, -0.1) is 0 Å². The third-order valence-corrected chi connectivity index (χ3v) is 2.07. The lowest BCUT2D eigenvalue weighted by molar-refractivity contribution is -0.189. The van der Waals surface area contributed by atoms with E-state index < -0.39 is 37.3 Å². The molecule has 0 rings (SSSR count). The molecule has 7 nitrogen and oxygen atoms in total. The summed E-state index contributed by atoms with van der Waals surface area (Å²) in [6.07, 6.45) is -7.34. The highest BCUT2D eigenvalue weighted by Crippen LogP contribution is 2.09. The maximum absolute atomic E-state index is 10.6. The van der Waals surface area contributed by atoms with E-state index in [4.69, 9.17) is 20.1 Å². The van der Waals surface area contributed by atoms with Crippen molar-refractivity contribution >= 4 is 6.29 Å². The number of rotatable bonds is 8. The quantitative estimate of drug-likeness (QED) is 0.231. The highest BCUT2D eigenvalue weighted by atomic mass is 16.6. The predicted octanol–water partition coefficient (Wildman–Crippen LogP) is -2.63. The largest absolute Gasteiger partial charge is 0.394 e. The van der Waals surface area contributed by atoms with E-state index in [0.29, 0.717) is 0 Å². The first-order valence-corrected chi connectivity index (χ1v) is 4.91. The number of aliphatic hydroxyl groups is 5. The second kappa shape index (κ2) is 7.66. The minimum Gasteiger partial charge on any atom is -0.394 e. The van der Waals surface area contributed by atoms with Crippen molar-refractivity contribution in [3.05, 3.63) is 0 Å². The van der Waals surface area contributed by atoms with Gasteiger partial charge < -0.3 is 35.1 Å². The molecule has 0 aliphatic rings. The minimum atomic E-state index is -1.73. The van der Waals surface area contributed by atoms with Crippen LogP contribution in [-0.4, -0.2) is 69.1 Å². The standard InChI is InChI=1S/C9H18O7/c1-2-7(13)16-6(4-11)9(15)8(14)5(12)3-10/h4-10,12-15H,2-3H2,1H3/t5-,6+,7?,8-,9-/m1/s1. The normalized spacial score (nSPS) is 20.9. The van der Waals surface area contributed by atoms with Crippen LogP contribution in [0.25, 0.3) is 0 Å². The molecule has 0 fully saturated rings. The number of aliphatic hydroxyl groups excluding tert-OH is 5. The van der Waals surface area contributed by atoms with Gasteiger partial charge in [0.25, 0.3) is 0 Å². The van der Waals surface area contributed by atoms with Crippen LogP contribution in [0.2, 0.25) is 0 Å². The van der Waals surface area contributed by atoms with Crippen LogP contribution in [-0.2, 0) is 9.53 Å². The van der Waals surface area contributed by atoms with Gasteiger partial charge in [-0.05, 0) is 6.42 Å². The molecule has 0 aliphatic heterocycles. The van der Waals surface area contributed by atoms with Crippen molar-refractivity contribution < 1.29 is 35.1 Å². The lowest BCUT2D eigenvalue weighted by Crippen LogP contribution is -2.48. The summed E-state index contributed by atoms with van der Waals surface area (Å²) in [5, 5.41) is 45.4. The molecule has 0 aliphatic carbocycles. The van der Waals surface area contributed by atoms with Crippen LogP contribution in [0.1, 0.15) is 13.3 Å². The summed E-state index contributed by atoms with van der Waals surface area (Å²) >= 11 is 0. The smallest absolute Gasteiger partial charge is 0.155 e. The number of carbonyl (C=O) groups excluding carboxylic acids is 1. The maximum Gasteiger partial charge on any atom is 0.155 e. The van der Waals surface area contributed by atoms with Crippen molar-refractivity contribution in [3.63, 3.8) is 0 Å². The van der Waals surface area contributed by atoms with Crippen molar-refractivity contribution in [2.75, 3.05) is 6.61 Å². The van der Waals surface area contributed by atoms with Gasteiger partial charge in [-0.1, -0.05) is 6.92 Å². The van der Waals surface area contributed by atoms with Crippen LogP contribution in [0.5, 0.6) is 0 Å². The number of hydrogen-bond donors (Lipinski definition) is 5. The van der Waals surface area contributed by atoms with Crippen molar-refractivity contribution in [1.82, 2.24) is 0 Å². The molecule has 0 aromatic rings. The molecule has 5 N–H and O–H groups in total. The Morgan fingerprint density at radius 2 is 1.75 bits per heavy atom. The van der Waals surface area contributed by atoms with Gasteiger partial charge in [-0.3, -0.25) is 0 Å². The molecule has 96 valence electrons. The lowest BCUT2D eigenvalue weighted by atomic mass is 10.0. The van der Waals surface area contributed by atoms with Gasteiger partial charge in [-0.25, -0.2) is 0 Å². The van der Waals surface area contributed by atoms with Crippen molar-refractivity contribution in [2.24, 2.45) is 0 Å². The Balaban J connectivity index is 4.39. The molecule has 0 bridgehead atoms. The molecule has 0 saturated carbocycles. The Bertz CT molecular complexity index is 198. The van der Waals surface area contributed by atoms with Crippen LogP contribution in [0.4, 0.5) is 0 Å². The van der Waals surface area contributed by atoms with Crippen LogP contribution in [0, 0.1) is 0 Å². The zero-order valence-corrected chi connectivity index (χ0v) is 8.93. The van der Waals surface area contributed by atoms with Crippen molar-refractivity contribution in [3.8, 4) is 0 Å². The van der Waals surface area contributed by atoms with Gasteiger partial charge in [-0.2, -0.15) is 0 Å². The van der Waals surface area contributed by atoms with E-state index in [9.17, 15) is 15.0 Å². The van der Waals surface area contributed by atoms with Crippen LogP contribution >= 0.6 is 0 Å². The second-order valence-electron chi connectivity index (χ2n) is 3.33. The molecule has 0 radical (unpaired) electrons. The summed E-state index contributed by atoms with van der Waals surface area (Å²) in [7, 11) is 0. The summed E-state index contributed by atoms with van der Waals surface area (Å²) in [5.41, 5.74) is 0. The average molecular weight is 238 g/mol.